The van der Waals surface area contributed by atoms with Gasteiger partial charge >= 0.3 is 0 Å². The molecule has 0 radical (unpaired) electrons. The number of rotatable bonds is 9. The number of ether oxygens (including phenoxy) is 2. The summed E-state index contributed by atoms with van der Waals surface area (Å²) in [5.41, 5.74) is 4.35. The Kier molecular flexibility index (Phi) is 7.25. The second kappa shape index (κ2) is 10.1. The SMILES string of the molecule is COc1cc(CCC(=O)NCCc2ccc(-c3csc(C)n3)cc2)cc(OC)c1. The second-order valence-corrected chi connectivity index (χ2v) is 7.83. The second-order valence-electron chi connectivity index (χ2n) is 6.77. The van der Waals surface area contributed by atoms with Crippen molar-refractivity contribution in [3.63, 3.8) is 0 Å². The van der Waals surface area contributed by atoms with Crippen LogP contribution in [0.5, 0.6) is 11.5 Å². The molecular formula is C23H26N2O3S. The maximum Gasteiger partial charge on any atom is 0.220 e. The third-order valence-electron chi connectivity index (χ3n) is 4.66. The number of carbonyl (C=O) groups excluding carboxylic acids is 1. The monoisotopic (exact) mass is 410 g/mol. The number of amides is 1. The number of hydrogen-bond acceptors (Lipinski definition) is 5. The molecule has 0 spiro atoms. The van der Waals surface area contributed by atoms with E-state index in [1.807, 2.05) is 25.1 Å². The molecule has 0 bridgehead atoms. The summed E-state index contributed by atoms with van der Waals surface area (Å²) in [6, 6.07) is 14.0. The Hall–Kier alpha value is -2.86. The number of nitrogens with zero attached hydrogens (tertiary/aromatic N) is 1. The molecule has 0 aliphatic heterocycles. The van der Waals surface area contributed by atoms with Gasteiger partial charge in [0.15, 0.2) is 0 Å². The van der Waals surface area contributed by atoms with E-state index in [1.165, 1.54) is 5.56 Å². The van der Waals surface area contributed by atoms with Gasteiger partial charge in [-0.3, -0.25) is 4.79 Å². The van der Waals surface area contributed by atoms with Crippen LogP contribution in [0.3, 0.4) is 0 Å². The minimum absolute atomic E-state index is 0.0429. The van der Waals surface area contributed by atoms with E-state index >= 15 is 0 Å². The van der Waals surface area contributed by atoms with Crippen molar-refractivity contribution in [3.8, 4) is 22.8 Å². The Bertz CT molecular complexity index is 929. The van der Waals surface area contributed by atoms with E-state index in [2.05, 4.69) is 39.9 Å². The number of aromatic nitrogens is 1. The van der Waals surface area contributed by atoms with Gasteiger partial charge in [0.1, 0.15) is 11.5 Å². The van der Waals surface area contributed by atoms with Crippen molar-refractivity contribution in [2.45, 2.75) is 26.2 Å². The molecule has 0 saturated heterocycles. The van der Waals surface area contributed by atoms with Gasteiger partial charge in [-0.25, -0.2) is 4.98 Å². The van der Waals surface area contributed by atoms with Crippen molar-refractivity contribution < 1.29 is 14.3 Å². The van der Waals surface area contributed by atoms with Crippen LogP contribution in [-0.2, 0) is 17.6 Å². The van der Waals surface area contributed by atoms with Crippen LogP contribution in [0.1, 0.15) is 22.6 Å². The Balaban J connectivity index is 1.44. The summed E-state index contributed by atoms with van der Waals surface area (Å²) in [6.45, 7) is 2.63. The van der Waals surface area contributed by atoms with Gasteiger partial charge in [0.05, 0.1) is 24.9 Å². The van der Waals surface area contributed by atoms with Crippen molar-refractivity contribution >= 4 is 17.2 Å². The lowest BCUT2D eigenvalue weighted by Crippen LogP contribution is -2.25. The van der Waals surface area contributed by atoms with Crippen LogP contribution in [0.2, 0.25) is 0 Å². The highest BCUT2D eigenvalue weighted by atomic mass is 32.1. The summed E-state index contributed by atoms with van der Waals surface area (Å²) in [6.07, 6.45) is 1.87. The Labute approximate surface area is 175 Å². The fraction of sp³-hybridized carbons (Fsp3) is 0.304. The van der Waals surface area contributed by atoms with Crippen LogP contribution in [0, 0.1) is 6.92 Å². The molecule has 3 aromatic rings. The molecule has 6 heteroatoms. The first-order valence-electron chi connectivity index (χ1n) is 9.57. The van der Waals surface area contributed by atoms with E-state index in [4.69, 9.17) is 9.47 Å². The van der Waals surface area contributed by atoms with E-state index in [0.717, 1.165) is 39.7 Å². The first-order valence-corrected chi connectivity index (χ1v) is 10.5. The molecule has 0 unspecified atom stereocenters. The van der Waals surface area contributed by atoms with Crippen LogP contribution in [0.4, 0.5) is 0 Å². The van der Waals surface area contributed by atoms with Gasteiger partial charge in [-0.15, -0.1) is 11.3 Å². The number of benzene rings is 2. The summed E-state index contributed by atoms with van der Waals surface area (Å²) in [7, 11) is 3.24. The van der Waals surface area contributed by atoms with E-state index in [1.54, 1.807) is 25.6 Å². The Morgan fingerprint density at radius 2 is 1.69 bits per heavy atom. The molecule has 1 amide bonds. The number of carbonyl (C=O) groups is 1. The van der Waals surface area contributed by atoms with Crippen molar-refractivity contribution in [1.82, 2.24) is 10.3 Å². The third kappa shape index (κ3) is 6.06. The first kappa shape index (κ1) is 20.9. The minimum Gasteiger partial charge on any atom is -0.497 e. The molecule has 0 fully saturated rings. The van der Waals surface area contributed by atoms with Gasteiger partial charge in [-0.2, -0.15) is 0 Å². The molecule has 1 N–H and O–H groups in total. The van der Waals surface area contributed by atoms with Crippen molar-refractivity contribution in [3.05, 3.63) is 64.0 Å². The highest BCUT2D eigenvalue weighted by Gasteiger charge is 2.06. The summed E-state index contributed by atoms with van der Waals surface area (Å²) >= 11 is 1.65. The maximum atomic E-state index is 12.2. The lowest BCUT2D eigenvalue weighted by atomic mass is 10.1. The molecule has 0 saturated carbocycles. The molecule has 0 aliphatic rings. The fourth-order valence-corrected chi connectivity index (χ4v) is 3.66. The molecule has 5 nitrogen and oxygen atoms in total. The quantitative estimate of drug-likeness (QED) is 0.567. The lowest BCUT2D eigenvalue weighted by Gasteiger charge is -2.09. The van der Waals surface area contributed by atoms with Crippen LogP contribution < -0.4 is 14.8 Å². The van der Waals surface area contributed by atoms with Crippen molar-refractivity contribution in [2.75, 3.05) is 20.8 Å². The Morgan fingerprint density at radius 3 is 2.28 bits per heavy atom. The average molecular weight is 411 g/mol. The largest absolute Gasteiger partial charge is 0.497 e. The molecule has 1 heterocycles. The molecule has 152 valence electrons. The minimum atomic E-state index is 0.0429. The third-order valence-corrected chi connectivity index (χ3v) is 5.43. The Morgan fingerprint density at radius 1 is 1.00 bits per heavy atom. The highest BCUT2D eigenvalue weighted by molar-refractivity contribution is 7.09. The highest BCUT2D eigenvalue weighted by Crippen LogP contribution is 2.23. The number of aryl methyl sites for hydroxylation is 2. The van der Waals surface area contributed by atoms with Gasteiger partial charge < -0.3 is 14.8 Å². The van der Waals surface area contributed by atoms with Gasteiger partial charge in [0.25, 0.3) is 0 Å². The van der Waals surface area contributed by atoms with E-state index in [9.17, 15) is 4.79 Å². The number of methoxy groups -OCH3 is 2. The zero-order valence-corrected chi connectivity index (χ0v) is 17.8. The molecular weight excluding hydrogens is 384 g/mol. The molecule has 29 heavy (non-hydrogen) atoms. The zero-order valence-electron chi connectivity index (χ0n) is 17.0. The fourth-order valence-electron chi connectivity index (χ4n) is 3.04. The molecule has 3 rings (SSSR count). The predicted octanol–water partition coefficient (Wildman–Crippen LogP) is 4.43. The number of thiazole rings is 1. The standard InChI is InChI=1S/C23H26N2O3S/c1-16-25-22(15-29-16)19-7-4-17(5-8-19)10-11-24-23(26)9-6-18-12-20(27-2)14-21(13-18)28-3/h4-5,7-8,12-15H,6,9-11H2,1-3H3,(H,24,26). The van der Waals surface area contributed by atoms with Crippen molar-refractivity contribution in [2.24, 2.45) is 0 Å². The molecule has 0 aliphatic carbocycles. The van der Waals surface area contributed by atoms with Gasteiger partial charge in [-0.1, -0.05) is 24.3 Å². The first-order chi connectivity index (χ1) is 14.1. The zero-order chi connectivity index (χ0) is 20.6. The van der Waals surface area contributed by atoms with E-state index in [0.29, 0.717) is 19.4 Å². The van der Waals surface area contributed by atoms with Crippen molar-refractivity contribution in [1.29, 1.82) is 0 Å². The predicted molar refractivity (Wildman–Crippen MR) is 117 cm³/mol. The molecule has 0 atom stereocenters. The summed E-state index contributed by atoms with van der Waals surface area (Å²) in [5, 5.41) is 6.14. The van der Waals surface area contributed by atoms with Crippen LogP contribution in [0.25, 0.3) is 11.3 Å². The normalized spacial score (nSPS) is 10.6. The number of hydrogen-bond donors (Lipinski definition) is 1. The average Bonchev–Trinajstić information content (AvgIpc) is 3.18. The summed E-state index contributed by atoms with van der Waals surface area (Å²) < 4.78 is 10.5. The molecule has 2 aromatic carbocycles. The van der Waals surface area contributed by atoms with Gasteiger partial charge in [0, 0.05) is 30.0 Å². The van der Waals surface area contributed by atoms with Gasteiger partial charge in [0.2, 0.25) is 5.91 Å². The van der Waals surface area contributed by atoms with Gasteiger partial charge in [-0.05, 0) is 43.0 Å². The molecule has 1 aromatic heterocycles. The van der Waals surface area contributed by atoms with Crippen LogP contribution >= 0.6 is 11.3 Å². The van der Waals surface area contributed by atoms with E-state index in [-0.39, 0.29) is 5.91 Å². The lowest BCUT2D eigenvalue weighted by molar-refractivity contribution is -0.121. The number of nitrogens with one attached hydrogen (secondary N) is 1. The van der Waals surface area contributed by atoms with Crippen LogP contribution in [0.15, 0.2) is 47.8 Å². The topological polar surface area (TPSA) is 60.5 Å². The summed E-state index contributed by atoms with van der Waals surface area (Å²) in [4.78, 5) is 16.7. The smallest absolute Gasteiger partial charge is 0.220 e. The van der Waals surface area contributed by atoms with Crippen LogP contribution in [-0.4, -0.2) is 31.7 Å². The summed E-state index contributed by atoms with van der Waals surface area (Å²) in [5.74, 6) is 1.51. The maximum absolute atomic E-state index is 12.2. The van der Waals surface area contributed by atoms with E-state index < -0.39 is 0 Å².